The molecule has 0 radical (unpaired) electrons. The van der Waals surface area contributed by atoms with Gasteiger partial charge in [-0.15, -0.1) is 0 Å². The molecule has 0 spiro atoms. The molecular formula is C29H27ClN2O4. The van der Waals surface area contributed by atoms with E-state index < -0.39 is 12.1 Å². The van der Waals surface area contributed by atoms with Crippen molar-refractivity contribution in [3.05, 3.63) is 117 Å². The van der Waals surface area contributed by atoms with Crippen molar-refractivity contribution in [1.82, 2.24) is 9.55 Å². The van der Waals surface area contributed by atoms with Crippen LogP contribution in [0.4, 0.5) is 0 Å². The van der Waals surface area contributed by atoms with Crippen molar-refractivity contribution < 1.29 is 14.6 Å². The van der Waals surface area contributed by atoms with E-state index in [1.54, 1.807) is 47.0 Å². The van der Waals surface area contributed by atoms with Gasteiger partial charge in [0.05, 0.1) is 12.2 Å². The molecule has 3 aromatic carbocycles. The first-order chi connectivity index (χ1) is 17.5. The summed E-state index contributed by atoms with van der Waals surface area (Å²) in [5.74, 6) is 0.0671. The molecule has 4 rings (SSSR count). The number of aliphatic carboxylic acids is 1. The van der Waals surface area contributed by atoms with Gasteiger partial charge in [0.2, 0.25) is 6.10 Å². The van der Waals surface area contributed by atoms with E-state index in [0.29, 0.717) is 40.8 Å². The monoisotopic (exact) mass is 502 g/mol. The zero-order valence-electron chi connectivity index (χ0n) is 19.9. The Kier molecular flexibility index (Phi) is 8.18. The molecule has 7 heteroatoms. The zero-order valence-corrected chi connectivity index (χ0v) is 20.7. The van der Waals surface area contributed by atoms with Gasteiger partial charge in [-0.25, -0.2) is 9.78 Å². The molecule has 1 atom stereocenters. The van der Waals surface area contributed by atoms with E-state index >= 15 is 0 Å². The molecule has 4 aromatic rings. The number of rotatable bonds is 10. The van der Waals surface area contributed by atoms with Crippen LogP contribution in [0.2, 0.25) is 5.02 Å². The standard InChI is InChI=1S/C29H27ClN2O4/c1-2-3-13-26-31-25(23-11-7-8-12-24(23)30)18-27(33)32(26)19-20-14-16-22(17-15-20)36-28(29(34)35)21-9-5-4-6-10-21/h4-12,14-18,28H,2-3,13,19H2,1H3,(H,34,35). The molecule has 1 N–H and O–H groups in total. The first-order valence-corrected chi connectivity index (χ1v) is 12.2. The van der Waals surface area contributed by atoms with Crippen molar-refractivity contribution in [3.8, 4) is 17.0 Å². The van der Waals surface area contributed by atoms with Crippen LogP contribution in [0.3, 0.4) is 0 Å². The summed E-state index contributed by atoms with van der Waals surface area (Å²) < 4.78 is 7.43. The third-order valence-electron chi connectivity index (χ3n) is 5.84. The van der Waals surface area contributed by atoms with Crippen LogP contribution in [0, 0.1) is 0 Å². The summed E-state index contributed by atoms with van der Waals surface area (Å²) in [5.41, 5.74) is 2.58. The largest absolute Gasteiger partial charge is 0.478 e. The van der Waals surface area contributed by atoms with Crippen LogP contribution in [-0.4, -0.2) is 20.6 Å². The third-order valence-corrected chi connectivity index (χ3v) is 6.17. The number of carboxylic acids is 1. The number of ether oxygens (including phenoxy) is 1. The molecule has 184 valence electrons. The zero-order chi connectivity index (χ0) is 25.5. The molecule has 0 aliphatic heterocycles. The highest BCUT2D eigenvalue weighted by Crippen LogP contribution is 2.26. The first-order valence-electron chi connectivity index (χ1n) is 11.8. The highest BCUT2D eigenvalue weighted by molar-refractivity contribution is 6.33. The fourth-order valence-corrected chi connectivity index (χ4v) is 4.17. The molecule has 36 heavy (non-hydrogen) atoms. The number of nitrogens with zero attached hydrogens (tertiary/aromatic N) is 2. The van der Waals surface area contributed by atoms with Gasteiger partial charge in [0.15, 0.2) is 0 Å². The predicted octanol–water partition coefficient (Wildman–Crippen LogP) is 6.16. The van der Waals surface area contributed by atoms with Gasteiger partial charge in [-0.2, -0.15) is 0 Å². The number of hydrogen-bond acceptors (Lipinski definition) is 4. The Hall–Kier alpha value is -3.90. The van der Waals surface area contributed by atoms with E-state index in [-0.39, 0.29) is 5.56 Å². The molecule has 0 amide bonds. The Morgan fingerprint density at radius 1 is 1.03 bits per heavy atom. The highest BCUT2D eigenvalue weighted by Gasteiger charge is 2.21. The SMILES string of the molecule is CCCCc1nc(-c2ccccc2Cl)cc(=O)n1Cc1ccc(OC(C(=O)O)c2ccccc2)cc1. The minimum atomic E-state index is -1.11. The van der Waals surface area contributed by atoms with Gasteiger partial charge in [-0.1, -0.05) is 85.6 Å². The van der Waals surface area contributed by atoms with Crippen molar-refractivity contribution in [1.29, 1.82) is 0 Å². The second kappa shape index (κ2) is 11.7. The van der Waals surface area contributed by atoms with Crippen LogP contribution in [0.25, 0.3) is 11.3 Å². The van der Waals surface area contributed by atoms with Gasteiger partial charge < -0.3 is 9.84 Å². The van der Waals surface area contributed by atoms with E-state index in [9.17, 15) is 14.7 Å². The van der Waals surface area contributed by atoms with Crippen molar-refractivity contribution in [3.63, 3.8) is 0 Å². The quantitative estimate of drug-likeness (QED) is 0.281. The van der Waals surface area contributed by atoms with Crippen molar-refractivity contribution >= 4 is 17.6 Å². The Balaban J connectivity index is 1.58. The summed E-state index contributed by atoms with van der Waals surface area (Å²) in [6.07, 6.45) is 1.44. The van der Waals surface area contributed by atoms with E-state index in [1.165, 1.54) is 6.07 Å². The number of hydrogen-bond donors (Lipinski definition) is 1. The molecule has 0 saturated carbocycles. The highest BCUT2D eigenvalue weighted by atomic mass is 35.5. The topological polar surface area (TPSA) is 81.4 Å². The second-order valence-electron chi connectivity index (χ2n) is 8.46. The van der Waals surface area contributed by atoms with E-state index in [2.05, 4.69) is 6.92 Å². The van der Waals surface area contributed by atoms with E-state index in [4.69, 9.17) is 21.3 Å². The molecule has 0 fully saturated rings. The number of aromatic nitrogens is 2. The minimum absolute atomic E-state index is 0.152. The molecule has 1 unspecified atom stereocenters. The fraction of sp³-hybridized carbons (Fsp3) is 0.207. The van der Waals surface area contributed by atoms with Gasteiger partial charge in [-0.05, 0) is 30.2 Å². The lowest BCUT2D eigenvalue weighted by molar-refractivity contribution is -0.145. The van der Waals surface area contributed by atoms with Crippen LogP contribution in [-0.2, 0) is 17.8 Å². The Morgan fingerprint density at radius 2 is 1.72 bits per heavy atom. The van der Waals surface area contributed by atoms with Crippen LogP contribution < -0.4 is 10.3 Å². The molecule has 0 aliphatic carbocycles. The third kappa shape index (κ3) is 6.01. The van der Waals surface area contributed by atoms with E-state index in [1.807, 2.05) is 36.4 Å². The fourth-order valence-electron chi connectivity index (χ4n) is 3.94. The van der Waals surface area contributed by atoms with E-state index in [0.717, 1.165) is 24.0 Å². The van der Waals surface area contributed by atoms with Crippen LogP contribution in [0.5, 0.6) is 5.75 Å². The number of carboxylic acid groups (broad SMARTS) is 1. The number of halogens is 1. The Bertz CT molecular complexity index is 1380. The average molecular weight is 503 g/mol. The number of aryl methyl sites for hydroxylation is 1. The molecule has 6 nitrogen and oxygen atoms in total. The normalized spacial score (nSPS) is 11.7. The molecule has 0 bridgehead atoms. The Morgan fingerprint density at radius 3 is 2.39 bits per heavy atom. The number of benzene rings is 3. The molecule has 1 heterocycles. The lowest BCUT2D eigenvalue weighted by Crippen LogP contribution is -2.25. The average Bonchev–Trinajstić information content (AvgIpc) is 2.89. The first kappa shape index (κ1) is 25.2. The summed E-state index contributed by atoms with van der Waals surface area (Å²) in [4.78, 5) is 29.7. The Labute approximate surface area is 214 Å². The maximum absolute atomic E-state index is 13.1. The number of unbranched alkanes of at least 4 members (excludes halogenated alkanes) is 1. The maximum atomic E-state index is 13.1. The van der Waals surface area contributed by atoms with Gasteiger partial charge in [0.25, 0.3) is 5.56 Å². The molecule has 0 aliphatic rings. The summed E-state index contributed by atoms with van der Waals surface area (Å²) in [7, 11) is 0. The lowest BCUT2D eigenvalue weighted by Gasteiger charge is -2.17. The van der Waals surface area contributed by atoms with Crippen LogP contribution >= 0.6 is 11.6 Å². The lowest BCUT2D eigenvalue weighted by atomic mass is 10.1. The molecule has 0 saturated heterocycles. The predicted molar refractivity (Wildman–Crippen MR) is 141 cm³/mol. The van der Waals surface area contributed by atoms with Crippen LogP contribution in [0.1, 0.15) is 42.8 Å². The summed E-state index contributed by atoms with van der Waals surface area (Å²) in [6.45, 7) is 2.44. The van der Waals surface area contributed by atoms with Crippen molar-refractivity contribution in [2.24, 2.45) is 0 Å². The van der Waals surface area contributed by atoms with Gasteiger partial charge >= 0.3 is 5.97 Å². The summed E-state index contributed by atoms with van der Waals surface area (Å²) in [6, 6.07) is 24.8. The van der Waals surface area contributed by atoms with Crippen LogP contribution in [0.15, 0.2) is 89.7 Å². The summed E-state index contributed by atoms with van der Waals surface area (Å²) >= 11 is 6.35. The smallest absolute Gasteiger partial charge is 0.349 e. The minimum Gasteiger partial charge on any atom is -0.478 e. The van der Waals surface area contributed by atoms with Gasteiger partial charge in [0, 0.05) is 28.6 Å². The maximum Gasteiger partial charge on any atom is 0.349 e. The molecular weight excluding hydrogens is 476 g/mol. The second-order valence-corrected chi connectivity index (χ2v) is 8.86. The van der Waals surface area contributed by atoms with Gasteiger partial charge in [-0.3, -0.25) is 9.36 Å². The van der Waals surface area contributed by atoms with Gasteiger partial charge in [0.1, 0.15) is 11.6 Å². The number of carbonyl (C=O) groups is 1. The van der Waals surface area contributed by atoms with Crippen molar-refractivity contribution in [2.45, 2.75) is 38.8 Å². The summed E-state index contributed by atoms with van der Waals surface area (Å²) in [5, 5.41) is 10.2. The molecule has 1 aromatic heterocycles. The van der Waals surface area contributed by atoms with Crippen molar-refractivity contribution in [2.75, 3.05) is 0 Å².